The summed E-state index contributed by atoms with van der Waals surface area (Å²) in [6, 6.07) is 8.88. The van der Waals surface area contributed by atoms with Crippen LogP contribution in [-0.4, -0.2) is 36.5 Å². The van der Waals surface area contributed by atoms with Gasteiger partial charge in [0.05, 0.1) is 12.2 Å². The van der Waals surface area contributed by atoms with Crippen LogP contribution in [0.15, 0.2) is 30.3 Å². The zero-order chi connectivity index (χ0) is 14.6. The van der Waals surface area contributed by atoms with E-state index in [0.717, 1.165) is 0 Å². The van der Waals surface area contributed by atoms with Gasteiger partial charge in [-0.05, 0) is 26.0 Å². The van der Waals surface area contributed by atoms with Crippen LogP contribution in [0.3, 0.4) is 0 Å². The third kappa shape index (κ3) is 3.95. The van der Waals surface area contributed by atoms with Crippen molar-refractivity contribution in [2.45, 2.75) is 38.3 Å². The number of carbonyl (C=O) groups excluding carboxylic acids is 1. The number of rotatable bonds is 5. The molecule has 0 radical (unpaired) electrons. The fraction of sp³-hybridized carbons (Fsp3) is 0.533. The highest BCUT2D eigenvalue weighted by molar-refractivity contribution is 6.17. The Kier molecular flexibility index (Phi) is 5.02. The Balaban J connectivity index is 2.01. The molecule has 0 aliphatic carbocycles. The van der Waals surface area contributed by atoms with Crippen LogP contribution in [0.4, 0.5) is 0 Å². The Labute approximate surface area is 124 Å². The quantitative estimate of drug-likeness (QED) is 0.619. The van der Waals surface area contributed by atoms with E-state index >= 15 is 0 Å². The molecule has 110 valence electrons. The lowest BCUT2D eigenvalue weighted by Gasteiger charge is -2.23. The van der Waals surface area contributed by atoms with E-state index in [9.17, 15) is 4.79 Å². The molecule has 1 aromatic rings. The molecule has 1 heterocycles. The van der Waals surface area contributed by atoms with Crippen LogP contribution in [-0.2, 0) is 14.2 Å². The van der Waals surface area contributed by atoms with E-state index in [4.69, 9.17) is 25.8 Å². The Hall–Kier alpha value is -1.10. The maximum atomic E-state index is 12.1. The van der Waals surface area contributed by atoms with E-state index < -0.39 is 11.9 Å². The molecule has 1 aliphatic heterocycles. The van der Waals surface area contributed by atoms with Gasteiger partial charge in [0.1, 0.15) is 12.2 Å². The minimum atomic E-state index is -0.644. The summed E-state index contributed by atoms with van der Waals surface area (Å²) < 4.78 is 16.8. The molecule has 2 rings (SSSR count). The molecule has 5 heteroatoms. The molecule has 0 bridgehead atoms. The highest BCUT2D eigenvalue weighted by Crippen LogP contribution is 2.27. The van der Waals surface area contributed by atoms with Crippen molar-refractivity contribution in [2.75, 3.05) is 12.5 Å². The van der Waals surface area contributed by atoms with Gasteiger partial charge in [0, 0.05) is 12.3 Å². The first-order valence-electron chi connectivity index (χ1n) is 6.65. The summed E-state index contributed by atoms with van der Waals surface area (Å²) in [7, 11) is 0. The number of halogens is 1. The second-order valence-corrected chi connectivity index (χ2v) is 5.53. The molecule has 0 aromatic heterocycles. The van der Waals surface area contributed by atoms with Gasteiger partial charge in [0.25, 0.3) is 0 Å². The SMILES string of the molecule is CC1(C)OC[C@@H]([C@@H](CCCl)OC(=O)c2ccccc2)O1. The molecule has 20 heavy (non-hydrogen) atoms. The Bertz CT molecular complexity index is 446. The molecule has 1 saturated heterocycles. The summed E-state index contributed by atoms with van der Waals surface area (Å²) in [4.78, 5) is 12.1. The predicted molar refractivity (Wildman–Crippen MR) is 75.9 cm³/mol. The van der Waals surface area contributed by atoms with Crippen molar-refractivity contribution in [3.8, 4) is 0 Å². The summed E-state index contributed by atoms with van der Waals surface area (Å²) in [5, 5.41) is 0. The van der Waals surface area contributed by atoms with Gasteiger partial charge in [-0.1, -0.05) is 18.2 Å². The van der Waals surface area contributed by atoms with Gasteiger partial charge < -0.3 is 14.2 Å². The van der Waals surface area contributed by atoms with Gasteiger partial charge >= 0.3 is 5.97 Å². The third-order valence-electron chi connectivity index (χ3n) is 3.11. The first-order valence-corrected chi connectivity index (χ1v) is 7.19. The van der Waals surface area contributed by atoms with Crippen molar-refractivity contribution in [1.29, 1.82) is 0 Å². The maximum Gasteiger partial charge on any atom is 0.338 e. The normalized spacial score (nSPS) is 22.4. The molecule has 2 atom stereocenters. The van der Waals surface area contributed by atoms with Crippen molar-refractivity contribution >= 4 is 17.6 Å². The minimum absolute atomic E-state index is 0.281. The fourth-order valence-electron chi connectivity index (χ4n) is 2.11. The first-order chi connectivity index (χ1) is 9.52. The van der Waals surface area contributed by atoms with Crippen LogP contribution in [0.1, 0.15) is 30.6 Å². The average Bonchev–Trinajstić information content (AvgIpc) is 2.79. The Morgan fingerprint density at radius 2 is 2.15 bits per heavy atom. The van der Waals surface area contributed by atoms with Gasteiger partial charge in [-0.2, -0.15) is 0 Å². The predicted octanol–water partition coefficient (Wildman–Crippen LogP) is 2.99. The van der Waals surface area contributed by atoms with E-state index in [1.807, 2.05) is 19.9 Å². The molecule has 0 amide bonds. The van der Waals surface area contributed by atoms with Gasteiger partial charge in [-0.3, -0.25) is 0 Å². The smallest absolute Gasteiger partial charge is 0.338 e. The minimum Gasteiger partial charge on any atom is -0.456 e. The fourth-order valence-corrected chi connectivity index (χ4v) is 2.32. The average molecular weight is 299 g/mol. The zero-order valence-corrected chi connectivity index (χ0v) is 12.4. The van der Waals surface area contributed by atoms with Crippen LogP contribution < -0.4 is 0 Å². The molecular formula is C15H19ClO4. The van der Waals surface area contributed by atoms with E-state index in [2.05, 4.69) is 0 Å². The van der Waals surface area contributed by atoms with Crippen molar-refractivity contribution in [3.63, 3.8) is 0 Å². The number of hydrogen-bond donors (Lipinski definition) is 0. The van der Waals surface area contributed by atoms with Crippen LogP contribution in [0, 0.1) is 0 Å². The van der Waals surface area contributed by atoms with Gasteiger partial charge in [0.15, 0.2) is 5.79 Å². The molecule has 0 N–H and O–H groups in total. The van der Waals surface area contributed by atoms with E-state index in [1.165, 1.54) is 0 Å². The zero-order valence-electron chi connectivity index (χ0n) is 11.7. The molecule has 0 unspecified atom stereocenters. The molecule has 4 nitrogen and oxygen atoms in total. The molecule has 1 fully saturated rings. The number of hydrogen-bond acceptors (Lipinski definition) is 4. The van der Waals surface area contributed by atoms with Crippen molar-refractivity contribution in [3.05, 3.63) is 35.9 Å². The lowest BCUT2D eigenvalue weighted by molar-refractivity contribution is -0.151. The largest absolute Gasteiger partial charge is 0.456 e. The summed E-state index contributed by atoms with van der Waals surface area (Å²) in [5.41, 5.74) is 0.519. The number of carbonyl (C=O) groups is 1. The number of benzene rings is 1. The summed E-state index contributed by atoms with van der Waals surface area (Å²) >= 11 is 5.79. The van der Waals surface area contributed by atoms with E-state index in [-0.39, 0.29) is 12.1 Å². The summed E-state index contributed by atoms with van der Waals surface area (Å²) in [6.45, 7) is 4.07. The second kappa shape index (κ2) is 6.57. The summed E-state index contributed by atoms with van der Waals surface area (Å²) in [5.74, 6) is -0.615. The highest BCUT2D eigenvalue weighted by atomic mass is 35.5. The lowest BCUT2D eigenvalue weighted by atomic mass is 10.1. The molecule has 1 aliphatic rings. The third-order valence-corrected chi connectivity index (χ3v) is 3.32. The monoisotopic (exact) mass is 298 g/mol. The van der Waals surface area contributed by atoms with Crippen LogP contribution in [0.5, 0.6) is 0 Å². The van der Waals surface area contributed by atoms with Gasteiger partial charge in [-0.15, -0.1) is 11.6 Å². The second-order valence-electron chi connectivity index (χ2n) is 5.15. The molecule has 0 spiro atoms. The first kappa shape index (κ1) is 15.3. The topological polar surface area (TPSA) is 44.8 Å². The lowest BCUT2D eigenvalue weighted by Crippen LogP contribution is -2.35. The molecule has 0 saturated carbocycles. The molecule has 1 aromatic carbocycles. The Morgan fingerprint density at radius 1 is 1.45 bits per heavy atom. The van der Waals surface area contributed by atoms with Crippen LogP contribution >= 0.6 is 11.6 Å². The maximum absolute atomic E-state index is 12.1. The highest BCUT2D eigenvalue weighted by Gasteiger charge is 2.39. The standard InChI is InChI=1S/C15H19ClO4/c1-15(2)18-10-13(20-15)12(8-9-16)19-14(17)11-6-4-3-5-7-11/h3-7,12-13H,8-10H2,1-2H3/t12-,13+/m1/s1. The van der Waals surface area contributed by atoms with Crippen molar-refractivity contribution < 1.29 is 19.0 Å². The molecular weight excluding hydrogens is 280 g/mol. The van der Waals surface area contributed by atoms with Gasteiger partial charge in [-0.25, -0.2) is 4.79 Å². The number of esters is 1. The van der Waals surface area contributed by atoms with Crippen molar-refractivity contribution in [1.82, 2.24) is 0 Å². The van der Waals surface area contributed by atoms with E-state index in [0.29, 0.717) is 24.5 Å². The van der Waals surface area contributed by atoms with Gasteiger partial charge in [0.2, 0.25) is 0 Å². The van der Waals surface area contributed by atoms with Crippen molar-refractivity contribution in [2.24, 2.45) is 0 Å². The Morgan fingerprint density at radius 3 is 2.70 bits per heavy atom. The van der Waals surface area contributed by atoms with E-state index in [1.54, 1.807) is 24.3 Å². The number of ether oxygens (including phenoxy) is 3. The van der Waals surface area contributed by atoms with Crippen LogP contribution in [0.25, 0.3) is 0 Å². The number of alkyl halides is 1. The summed E-state index contributed by atoms with van der Waals surface area (Å²) in [6.07, 6.45) is -0.150. The van der Waals surface area contributed by atoms with Crippen LogP contribution in [0.2, 0.25) is 0 Å².